The van der Waals surface area contributed by atoms with Crippen molar-refractivity contribution in [3.05, 3.63) is 65.2 Å². The summed E-state index contributed by atoms with van der Waals surface area (Å²) in [6.45, 7) is 6.34. The van der Waals surface area contributed by atoms with E-state index in [9.17, 15) is 0 Å². The van der Waals surface area contributed by atoms with Crippen molar-refractivity contribution in [1.82, 2.24) is 4.90 Å². The average Bonchev–Trinajstić information content (AvgIpc) is 2.69. The van der Waals surface area contributed by atoms with Crippen LogP contribution in [0.3, 0.4) is 0 Å². The van der Waals surface area contributed by atoms with E-state index in [2.05, 4.69) is 48.2 Å². The minimum Gasteiger partial charge on any atom is -0.492 e. The Kier molecular flexibility index (Phi) is 5.26. The summed E-state index contributed by atoms with van der Waals surface area (Å²) in [6.07, 6.45) is 6.22. The van der Waals surface area contributed by atoms with Gasteiger partial charge in [-0.15, -0.1) is 0 Å². The van der Waals surface area contributed by atoms with E-state index in [4.69, 9.17) is 9.47 Å². The zero-order chi connectivity index (χ0) is 17.8. The maximum atomic E-state index is 6.21. The quantitative estimate of drug-likeness (QED) is 0.750. The van der Waals surface area contributed by atoms with Gasteiger partial charge in [-0.2, -0.15) is 0 Å². The van der Waals surface area contributed by atoms with Gasteiger partial charge in [-0.25, -0.2) is 0 Å². The number of hydrogen-bond acceptors (Lipinski definition) is 3. The zero-order valence-electron chi connectivity index (χ0n) is 15.5. The van der Waals surface area contributed by atoms with Crippen LogP contribution in [0.15, 0.2) is 54.1 Å². The normalized spacial score (nSPS) is 20.0. The van der Waals surface area contributed by atoms with E-state index in [1.807, 2.05) is 18.2 Å². The molecule has 2 aromatic rings. The van der Waals surface area contributed by atoms with Gasteiger partial charge in [0.05, 0.1) is 0 Å². The second-order valence-electron chi connectivity index (χ2n) is 7.24. The molecule has 2 heterocycles. The van der Waals surface area contributed by atoms with Gasteiger partial charge in [0.1, 0.15) is 24.2 Å². The maximum absolute atomic E-state index is 6.21. The molecule has 0 aromatic heterocycles. The van der Waals surface area contributed by atoms with Gasteiger partial charge in [-0.05, 0) is 68.3 Å². The molecule has 1 atom stereocenters. The molecule has 0 radical (unpaired) electrons. The first kappa shape index (κ1) is 17.2. The van der Waals surface area contributed by atoms with Gasteiger partial charge in [0.15, 0.2) is 0 Å². The molecule has 1 unspecified atom stereocenters. The highest BCUT2D eigenvalue weighted by Crippen LogP contribution is 2.37. The number of nitrogens with zero attached hydrogens (tertiary/aromatic N) is 1. The Morgan fingerprint density at radius 3 is 2.58 bits per heavy atom. The number of hydrogen-bond donors (Lipinski definition) is 0. The van der Waals surface area contributed by atoms with Crippen molar-refractivity contribution >= 4 is 6.08 Å². The van der Waals surface area contributed by atoms with E-state index < -0.39 is 0 Å². The lowest BCUT2D eigenvalue weighted by atomic mass is 9.97. The standard InChI is InChI=1S/C23H27NO2/c1-18-17-20-7-3-4-8-22(20)26-23(18)19-9-11-21(12-10-19)25-16-15-24-13-5-2-6-14-24/h3-4,7-12,17,23H,2,5-6,13-16H2,1H3. The number of likely N-dealkylation sites (tertiary alicyclic amines) is 1. The Balaban J connectivity index is 1.36. The lowest BCUT2D eigenvalue weighted by molar-refractivity contribution is 0.183. The Morgan fingerprint density at radius 1 is 1.00 bits per heavy atom. The number of piperidine rings is 1. The van der Waals surface area contributed by atoms with Crippen LogP contribution in [0.5, 0.6) is 11.5 Å². The molecule has 1 fully saturated rings. The summed E-state index contributed by atoms with van der Waals surface area (Å²) in [4.78, 5) is 2.50. The molecule has 0 aliphatic carbocycles. The summed E-state index contributed by atoms with van der Waals surface area (Å²) < 4.78 is 12.2. The Morgan fingerprint density at radius 2 is 1.77 bits per heavy atom. The summed E-state index contributed by atoms with van der Waals surface area (Å²) in [7, 11) is 0. The first-order valence-corrected chi connectivity index (χ1v) is 9.68. The van der Waals surface area contributed by atoms with Crippen LogP contribution in [0.2, 0.25) is 0 Å². The Hall–Kier alpha value is -2.26. The molecule has 0 spiro atoms. The molecule has 0 amide bonds. The minimum atomic E-state index is -0.0210. The molecule has 4 rings (SSSR count). The predicted octanol–water partition coefficient (Wildman–Crippen LogP) is 5.09. The molecule has 2 aliphatic rings. The summed E-state index contributed by atoms with van der Waals surface area (Å²) in [5, 5.41) is 0. The number of fused-ring (bicyclic) bond motifs is 1. The molecule has 136 valence electrons. The van der Waals surface area contributed by atoms with Crippen molar-refractivity contribution in [3.8, 4) is 11.5 Å². The fraction of sp³-hybridized carbons (Fsp3) is 0.391. The van der Waals surface area contributed by atoms with Crippen LogP contribution in [-0.2, 0) is 0 Å². The van der Waals surface area contributed by atoms with Crippen molar-refractivity contribution in [2.24, 2.45) is 0 Å². The number of ether oxygens (including phenoxy) is 2. The summed E-state index contributed by atoms with van der Waals surface area (Å²) in [5.41, 5.74) is 3.54. The Bertz CT molecular complexity index is 760. The van der Waals surface area contributed by atoms with Crippen LogP contribution in [-0.4, -0.2) is 31.1 Å². The summed E-state index contributed by atoms with van der Waals surface area (Å²) >= 11 is 0. The molecule has 1 saturated heterocycles. The fourth-order valence-corrected chi connectivity index (χ4v) is 3.79. The van der Waals surface area contributed by atoms with Crippen molar-refractivity contribution in [1.29, 1.82) is 0 Å². The highest BCUT2D eigenvalue weighted by Gasteiger charge is 2.21. The minimum absolute atomic E-state index is 0.0210. The highest BCUT2D eigenvalue weighted by atomic mass is 16.5. The molecule has 0 bridgehead atoms. The van der Waals surface area contributed by atoms with Gasteiger partial charge in [0, 0.05) is 12.1 Å². The predicted molar refractivity (Wildman–Crippen MR) is 106 cm³/mol. The summed E-state index contributed by atoms with van der Waals surface area (Å²) in [5.74, 6) is 1.88. The van der Waals surface area contributed by atoms with E-state index in [0.29, 0.717) is 0 Å². The third-order valence-corrected chi connectivity index (χ3v) is 5.27. The molecular weight excluding hydrogens is 322 g/mol. The lowest BCUT2D eigenvalue weighted by Crippen LogP contribution is -2.33. The Labute approximate surface area is 156 Å². The van der Waals surface area contributed by atoms with Crippen LogP contribution in [0.1, 0.15) is 43.4 Å². The maximum Gasteiger partial charge on any atom is 0.145 e. The zero-order valence-corrected chi connectivity index (χ0v) is 15.5. The van der Waals surface area contributed by atoms with Crippen LogP contribution in [0.25, 0.3) is 6.08 Å². The van der Waals surface area contributed by atoms with Gasteiger partial charge >= 0.3 is 0 Å². The van der Waals surface area contributed by atoms with Crippen LogP contribution >= 0.6 is 0 Å². The van der Waals surface area contributed by atoms with Crippen LogP contribution < -0.4 is 9.47 Å². The van der Waals surface area contributed by atoms with Gasteiger partial charge in [0.2, 0.25) is 0 Å². The number of para-hydroxylation sites is 1. The summed E-state index contributed by atoms with van der Waals surface area (Å²) in [6, 6.07) is 16.5. The second kappa shape index (κ2) is 7.96. The fourth-order valence-electron chi connectivity index (χ4n) is 3.79. The van der Waals surface area contributed by atoms with Crippen molar-refractivity contribution in [2.75, 3.05) is 26.2 Å². The van der Waals surface area contributed by atoms with E-state index in [1.54, 1.807) is 0 Å². The lowest BCUT2D eigenvalue weighted by Gasteiger charge is -2.26. The SMILES string of the molecule is CC1=Cc2ccccc2OC1c1ccc(OCCN2CCCCC2)cc1. The topological polar surface area (TPSA) is 21.7 Å². The molecule has 0 saturated carbocycles. The largest absolute Gasteiger partial charge is 0.492 e. The monoisotopic (exact) mass is 349 g/mol. The molecular formula is C23H27NO2. The van der Waals surface area contributed by atoms with Crippen molar-refractivity contribution < 1.29 is 9.47 Å². The van der Waals surface area contributed by atoms with Crippen molar-refractivity contribution in [2.45, 2.75) is 32.3 Å². The van der Waals surface area contributed by atoms with E-state index >= 15 is 0 Å². The van der Waals surface area contributed by atoms with Gasteiger partial charge < -0.3 is 9.47 Å². The smallest absolute Gasteiger partial charge is 0.145 e. The average molecular weight is 349 g/mol. The van der Waals surface area contributed by atoms with Gasteiger partial charge in [-0.1, -0.05) is 36.8 Å². The third-order valence-electron chi connectivity index (χ3n) is 5.27. The third kappa shape index (κ3) is 3.94. The molecule has 3 nitrogen and oxygen atoms in total. The molecule has 3 heteroatoms. The number of benzene rings is 2. The van der Waals surface area contributed by atoms with E-state index in [1.165, 1.54) is 37.9 Å². The molecule has 26 heavy (non-hydrogen) atoms. The molecule has 2 aromatic carbocycles. The van der Waals surface area contributed by atoms with Crippen LogP contribution in [0.4, 0.5) is 0 Å². The first-order chi connectivity index (χ1) is 12.8. The molecule has 2 aliphatic heterocycles. The van der Waals surface area contributed by atoms with Gasteiger partial charge in [-0.3, -0.25) is 4.90 Å². The van der Waals surface area contributed by atoms with E-state index in [0.717, 1.165) is 35.8 Å². The van der Waals surface area contributed by atoms with Crippen molar-refractivity contribution in [3.63, 3.8) is 0 Å². The van der Waals surface area contributed by atoms with E-state index in [-0.39, 0.29) is 6.10 Å². The highest BCUT2D eigenvalue weighted by molar-refractivity contribution is 5.63. The first-order valence-electron chi connectivity index (χ1n) is 9.68. The van der Waals surface area contributed by atoms with Crippen LogP contribution in [0, 0.1) is 0 Å². The number of rotatable bonds is 5. The second-order valence-corrected chi connectivity index (χ2v) is 7.24. The van der Waals surface area contributed by atoms with Gasteiger partial charge in [0.25, 0.3) is 0 Å². The molecule has 0 N–H and O–H groups in total.